The first kappa shape index (κ1) is 15.1. The molecule has 0 unspecified atom stereocenters. The number of anilines is 1. The number of halogens is 3. The minimum Gasteiger partial charge on any atom is -0.369 e. The van der Waals surface area contributed by atoms with Gasteiger partial charge in [-0.1, -0.05) is 6.07 Å². The van der Waals surface area contributed by atoms with Gasteiger partial charge in [-0.2, -0.15) is 13.2 Å². The van der Waals surface area contributed by atoms with E-state index in [0.29, 0.717) is 24.2 Å². The van der Waals surface area contributed by atoms with Crippen LogP contribution in [0.5, 0.6) is 0 Å². The summed E-state index contributed by atoms with van der Waals surface area (Å²) in [6.45, 7) is 0.672. The third-order valence-corrected chi connectivity index (χ3v) is 5.34. The topological polar surface area (TPSA) is 50.3 Å². The first-order valence-corrected chi connectivity index (χ1v) is 8.50. The van der Waals surface area contributed by atoms with Crippen LogP contribution in [0.4, 0.5) is 18.9 Å². The van der Waals surface area contributed by atoms with Crippen molar-refractivity contribution in [2.24, 2.45) is 0 Å². The number of hydrogen-bond donors (Lipinski definition) is 0. The van der Waals surface area contributed by atoms with Crippen molar-refractivity contribution in [3.63, 3.8) is 0 Å². The third-order valence-electron chi connectivity index (χ3n) is 3.73. The summed E-state index contributed by atoms with van der Waals surface area (Å²) >= 11 is 0. The summed E-state index contributed by atoms with van der Waals surface area (Å²) in [6.07, 6.45) is -2.97. The van der Waals surface area contributed by atoms with Crippen molar-refractivity contribution in [2.75, 3.05) is 29.5 Å². The zero-order chi connectivity index (χ0) is 16.0. The van der Waals surface area contributed by atoms with Gasteiger partial charge in [0.15, 0.2) is 9.84 Å². The van der Waals surface area contributed by atoms with Crippen LogP contribution < -0.4 is 4.90 Å². The molecule has 0 amide bonds. The number of fused-ring (bicyclic) bond motifs is 1. The quantitative estimate of drug-likeness (QED) is 0.806. The number of pyridine rings is 1. The second kappa shape index (κ2) is 5.12. The average molecular weight is 330 g/mol. The molecule has 3 rings (SSSR count). The summed E-state index contributed by atoms with van der Waals surface area (Å²) in [4.78, 5) is 5.87. The van der Waals surface area contributed by atoms with Crippen LogP contribution in [-0.4, -0.2) is 38.0 Å². The summed E-state index contributed by atoms with van der Waals surface area (Å²) in [6, 6.07) is 5.13. The fourth-order valence-electron chi connectivity index (χ4n) is 2.54. The lowest BCUT2D eigenvalue weighted by molar-refractivity contribution is -0.137. The predicted octanol–water partition coefficient (Wildman–Crippen LogP) is 2.49. The van der Waals surface area contributed by atoms with Crippen molar-refractivity contribution < 1.29 is 21.6 Å². The minimum atomic E-state index is -4.41. The molecule has 1 saturated heterocycles. The summed E-state index contributed by atoms with van der Waals surface area (Å²) in [7, 11) is -3.01. The van der Waals surface area contributed by atoms with Crippen LogP contribution in [0.15, 0.2) is 30.5 Å². The molecule has 0 bridgehead atoms. The highest BCUT2D eigenvalue weighted by Gasteiger charge is 2.31. The van der Waals surface area contributed by atoms with Crippen molar-refractivity contribution in [1.82, 2.24) is 4.98 Å². The fourth-order valence-corrected chi connectivity index (χ4v) is 3.74. The van der Waals surface area contributed by atoms with E-state index in [1.165, 1.54) is 12.3 Å². The Morgan fingerprint density at radius 1 is 1.09 bits per heavy atom. The number of hydrogen-bond acceptors (Lipinski definition) is 4. The Labute approximate surface area is 125 Å². The van der Waals surface area contributed by atoms with Crippen LogP contribution in [0.1, 0.15) is 5.56 Å². The molecule has 118 valence electrons. The van der Waals surface area contributed by atoms with Gasteiger partial charge in [0.25, 0.3) is 0 Å². The van der Waals surface area contributed by atoms with Gasteiger partial charge < -0.3 is 4.90 Å². The highest BCUT2D eigenvalue weighted by atomic mass is 32.2. The number of alkyl halides is 3. The van der Waals surface area contributed by atoms with E-state index in [9.17, 15) is 21.6 Å². The maximum Gasteiger partial charge on any atom is 0.416 e. The van der Waals surface area contributed by atoms with E-state index in [4.69, 9.17) is 0 Å². The summed E-state index contributed by atoms with van der Waals surface area (Å²) < 4.78 is 61.2. The smallest absolute Gasteiger partial charge is 0.369 e. The van der Waals surface area contributed by atoms with Crippen molar-refractivity contribution in [1.29, 1.82) is 0 Å². The molecule has 0 aliphatic carbocycles. The molecule has 0 atom stereocenters. The molecule has 1 aromatic carbocycles. The van der Waals surface area contributed by atoms with Gasteiger partial charge >= 0.3 is 6.18 Å². The molecule has 4 nitrogen and oxygen atoms in total. The van der Waals surface area contributed by atoms with Crippen molar-refractivity contribution in [3.05, 3.63) is 36.0 Å². The van der Waals surface area contributed by atoms with E-state index < -0.39 is 21.6 Å². The SMILES string of the molecule is O=S1(=O)CCN(c2ccnc3cc(C(F)(F)F)ccc23)CC1. The monoisotopic (exact) mass is 330 g/mol. The molecule has 1 aliphatic rings. The molecule has 1 fully saturated rings. The van der Waals surface area contributed by atoms with Gasteiger partial charge in [-0.3, -0.25) is 4.98 Å². The Bertz CT molecular complexity index is 804. The Morgan fingerprint density at radius 3 is 2.41 bits per heavy atom. The fraction of sp³-hybridized carbons (Fsp3) is 0.357. The zero-order valence-electron chi connectivity index (χ0n) is 11.5. The Balaban J connectivity index is 2.01. The van der Waals surface area contributed by atoms with E-state index in [0.717, 1.165) is 12.1 Å². The largest absolute Gasteiger partial charge is 0.416 e. The average Bonchev–Trinajstić information content (AvgIpc) is 2.45. The third kappa shape index (κ3) is 2.87. The van der Waals surface area contributed by atoms with Crippen LogP contribution in [0, 0.1) is 0 Å². The minimum absolute atomic E-state index is 0.0530. The number of sulfone groups is 1. The molecule has 1 aromatic heterocycles. The van der Waals surface area contributed by atoms with Crippen LogP contribution in [-0.2, 0) is 16.0 Å². The van der Waals surface area contributed by atoms with E-state index in [1.54, 1.807) is 6.07 Å². The second-order valence-electron chi connectivity index (χ2n) is 5.20. The highest BCUT2D eigenvalue weighted by Crippen LogP contribution is 2.33. The van der Waals surface area contributed by atoms with Gasteiger partial charge in [-0.05, 0) is 18.2 Å². The van der Waals surface area contributed by atoms with Gasteiger partial charge in [0.05, 0.1) is 22.6 Å². The maximum atomic E-state index is 12.8. The lowest BCUT2D eigenvalue weighted by atomic mass is 10.1. The highest BCUT2D eigenvalue weighted by molar-refractivity contribution is 7.91. The van der Waals surface area contributed by atoms with E-state index in [1.807, 2.05) is 4.90 Å². The maximum absolute atomic E-state index is 12.8. The lowest BCUT2D eigenvalue weighted by Crippen LogP contribution is -2.40. The van der Waals surface area contributed by atoms with Gasteiger partial charge in [0, 0.05) is 30.4 Å². The standard InChI is InChI=1S/C14H13F3N2O2S/c15-14(16,17)10-1-2-11-12(9-10)18-4-3-13(11)19-5-7-22(20,21)8-6-19/h1-4,9H,5-8H2. The van der Waals surface area contributed by atoms with Gasteiger partial charge in [-0.25, -0.2) is 8.42 Å². The molecular weight excluding hydrogens is 317 g/mol. The van der Waals surface area contributed by atoms with Crippen molar-refractivity contribution in [3.8, 4) is 0 Å². The molecule has 0 spiro atoms. The van der Waals surface area contributed by atoms with Crippen LogP contribution in [0.2, 0.25) is 0 Å². The number of benzene rings is 1. The summed E-state index contributed by atoms with van der Waals surface area (Å²) in [5.41, 5.74) is 0.222. The van der Waals surface area contributed by atoms with Gasteiger partial charge in [0.2, 0.25) is 0 Å². The Kier molecular flexibility index (Phi) is 3.51. The zero-order valence-corrected chi connectivity index (χ0v) is 12.3. The predicted molar refractivity (Wildman–Crippen MR) is 77.6 cm³/mol. The van der Waals surface area contributed by atoms with E-state index in [2.05, 4.69) is 4.98 Å². The molecule has 0 radical (unpaired) electrons. The molecule has 0 N–H and O–H groups in total. The molecular formula is C14H13F3N2O2S. The van der Waals surface area contributed by atoms with Crippen LogP contribution in [0.25, 0.3) is 10.9 Å². The number of aromatic nitrogens is 1. The molecule has 2 aromatic rings. The van der Waals surface area contributed by atoms with E-state index in [-0.39, 0.29) is 17.0 Å². The molecule has 0 saturated carbocycles. The van der Waals surface area contributed by atoms with Gasteiger partial charge in [0.1, 0.15) is 0 Å². The number of nitrogens with zero attached hydrogens (tertiary/aromatic N) is 2. The molecule has 8 heteroatoms. The van der Waals surface area contributed by atoms with E-state index >= 15 is 0 Å². The number of rotatable bonds is 1. The normalized spacial score (nSPS) is 18.6. The molecule has 1 aliphatic heterocycles. The van der Waals surface area contributed by atoms with Crippen molar-refractivity contribution in [2.45, 2.75) is 6.18 Å². The summed E-state index contributed by atoms with van der Waals surface area (Å²) in [5.74, 6) is 0.106. The molecule has 22 heavy (non-hydrogen) atoms. The Morgan fingerprint density at radius 2 is 1.77 bits per heavy atom. The lowest BCUT2D eigenvalue weighted by Gasteiger charge is -2.29. The summed E-state index contributed by atoms with van der Waals surface area (Å²) in [5, 5.41) is 0.592. The first-order valence-electron chi connectivity index (χ1n) is 6.68. The van der Waals surface area contributed by atoms with Crippen LogP contribution in [0.3, 0.4) is 0 Å². The first-order chi connectivity index (χ1) is 10.3. The Hall–Kier alpha value is -1.83. The van der Waals surface area contributed by atoms with Crippen molar-refractivity contribution >= 4 is 26.4 Å². The second-order valence-corrected chi connectivity index (χ2v) is 7.50. The van der Waals surface area contributed by atoms with Crippen LogP contribution >= 0.6 is 0 Å². The molecule has 2 heterocycles. The van der Waals surface area contributed by atoms with Gasteiger partial charge in [-0.15, -0.1) is 0 Å².